The fourth-order valence-corrected chi connectivity index (χ4v) is 2.58. The Balaban J connectivity index is 0.00000400. The molecule has 1 aromatic carbocycles. The molecule has 0 heterocycles. The topological polar surface area (TPSA) is 41.1 Å². The number of nitrogens with one attached hydrogen (secondary N) is 2. The van der Waals surface area contributed by atoms with E-state index in [0.717, 1.165) is 32.4 Å². The fraction of sp³-hybridized carbons (Fsp3) is 0.588. The number of hydrogen-bond acceptors (Lipinski definition) is 2. The van der Waals surface area contributed by atoms with Crippen molar-refractivity contribution in [2.24, 2.45) is 0 Å². The van der Waals surface area contributed by atoms with Crippen molar-refractivity contribution in [2.75, 3.05) is 20.1 Å². The van der Waals surface area contributed by atoms with Gasteiger partial charge in [0, 0.05) is 18.4 Å². The summed E-state index contributed by atoms with van der Waals surface area (Å²) in [6, 6.07) is 10.5. The van der Waals surface area contributed by atoms with E-state index in [2.05, 4.69) is 48.7 Å². The highest BCUT2D eigenvalue weighted by molar-refractivity contribution is 5.85. The second kappa shape index (κ2) is 10.6. The lowest BCUT2D eigenvalue weighted by molar-refractivity contribution is -0.121. The molecule has 1 amide bonds. The van der Waals surface area contributed by atoms with E-state index < -0.39 is 0 Å². The summed E-state index contributed by atoms with van der Waals surface area (Å²) in [7, 11) is 1.91. The average molecular weight is 313 g/mol. The Hall–Kier alpha value is -1.06. The molecule has 0 saturated carbocycles. The number of benzene rings is 1. The summed E-state index contributed by atoms with van der Waals surface area (Å²) in [5, 5.41) is 6.18. The summed E-state index contributed by atoms with van der Waals surface area (Å²) >= 11 is 0. The lowest BCUT2D eigenvalue weighted by Crippen LogP contribution is -2.40. The molecule has 0 aliphatic heterocycles. The molecule has 4 heteroatoms. The molecule has 0 spiro atoms. The molecule has 0 atom stereocenters. The smallest absolute Gasteiger partial charge is 0.220 e. The molecule has 1 rings (SSSR count). The zero-order valence-electron chi connectivity index (χ0n) is 13.4. The molecule has 0 aliphatic carbocycles. The zero-order chi connectivity index (χ0) is 14.8. The van der Waals surface area contributed by atoms with E-state index in [1.807, 2.05) is 13.1 Å². The van der Waals surface area contributed by atoms with Crippen LogP contribution in [-0.2, 0) is 10.2 Å². The number of carbonyl (C=O) groups is 1. The first-order chi connectivity index (χ1) is 9.68. The third-order valence-corrected chi connectivity index (χ3v) is 4.19. The first-order valence-corrected chi connectivity index (χ1v) is 7.65. The van der Waals surface area contributed by atoms with Gasteiger partial charge in [0.2, 0.25) is 5.91 Å². The van der Waals surface area contributed by atoms with Gasteiger partial charge in [0.25, 0.3) is 0 Å². The predicted octanol–water partition coefficient (Wildman–Crippen LogP) is 3.28. The van der Waals surface area contributed by atoms with Crippen LogP contribution >= 0.6 is 12.4 Å². The van der Waals surface area contributed by atoms with Crippen molar-refractivity contribution >= 4 is 18.3 Å². The van der Waals surface area contributed by atoms with Crippen LogP contribution in [0.25, 0.3) is 0 Å². The van der Waals surface area contributed by atoms with Gasteiger partial charge in [-0.25, -0.2) is 0 Å². The van der Waals surface area contributed by atoms with Crippen molar-refractivity contribution in [3.8, 4) is 0 Å². The van der Waals surface area contributed by atoms with Gasteiger partial charge in [0.15, 0.2) is 0 Å². The van der Waals surface area contributed by atoms with Gasteiger partial charge in [-0.2, -0.15) is 0 Å². The molecule has 21 heavy (non-hydrogen) atoms. The number of carbonyl (C=O) groups excluding carboxylic acids is 1. The van der Waals surface area contributed by atoms with Gasteiger partial charge in [0.05, 0.1) is 0 Å². The van der Waals surface area contributed by atoms with E-state index in [1.54, 1.807) is 0 Å². The van der Waals surface area contributed by atoms with Crippen LogP contribution in [0.1, 0.15) is 45.1 Å². The summed E-state index contributed by atoms with van der Waals surface area (Å²) in [5.74, 6) is 0.155. The number of halogens is 1. The van der Waals surface area contributed by atoms with E-state index in [4.69, 9.17) is 0 Å². The van der Waals surface area contributed by atoms with Crippen molar-refractivity contribution in [3.05, 3.63) is 35.9 Å². The van der Waals surface area contributed by atoms with E-state index in [9.17, 15) is 4.79 Å². The monoisotopic (exact) mass is 312 g/mol. The highest BCUT2D eigenvalue weighted by atomic mass is 35.5. The largest absolute Gasteiger partial charge is 0.355 e. The Labute approximate surface area is 135 Å². The summed E-state index contributed by atoms with van der Waals surface area (Å²) in [6.45, 7) is 6.01. The normalized spacial score (nSPS) is 10.8. The summed E-state index contributed by atoms with van der Waals surface area (Å²) < 4.78 is 0. The number of amides is 1. The lowest BCUT2D eigenvalue weighted by atomic mass is 9.76. The molecule has 3 nitrogen and oxygen atoms in total. The third-order valence-electron chi connectivity index (χ3n) is 4.19. The van der Waals surface area contributed by atoms with Crippen LogP contribution in [0, 0.1) is 0 Å². The van der Waals surface area contributed by atoms with Crippen molar-refractivity contribution in [2.45, 2.75) is 44.9 Å². The van der Waals surface area contributed by atoms with Gasteiger partial charge >= 0.3 is 0 Å². The SMILES string of the molecule is CCC(CC)(CNC(=O)CCCNC)c1ccccc1.Cl. The molecule has 0 aliphatic rings. The Morgan fingerprint density at radius 3 is 2.29 bits per heavy atom. The third kappa shape index (κ3) is 6.06. The Morgan fingerprint density at radius 2 is 1.76 bits per heavy atom. The molecular formula is C17H29ClN2O. The van der Waals surface area contributed by atoms with Crippen LogP contribution < -0.4 is 10.6 Å². The van der Waals surface area contributed by atoms with Crippen LogP contribution in [-0.4, -0.2) is 26.0 Å². The summed E-state index contributed by atoms with van der Waals surface area (Å²) in [5.41, 5.74) is 1.38. The zero-order valence-corrected chi connectivity index (χ0v) is 14.3. The van der Waals surface area contributed by atoms with Crippen LogP contribution in [0.4, 0.5) is 0 Å². The molecule has 0 saturated heterocycles. The Morgan fingerprint density at radius 1 is 1.14 bits per heavy atom. The molecule has 2 N–H and O–H groups in total. The molecular weight excluding hydrogens is 284 g/mol. The minimum atomic E-state index is 0. The van der Waals surface area contributed by atoms with Crippen LogP contribution in [0.2, 0.25) is 0 Å². The van der Waals surface area contributed by atoms with Crippen molar-refractivity contribution in [1.29, 1.82) is 0 Å². The Kier molecular flexibility index (Phi) is 10.1. The minimum Gasteiger partial charge on any atom is -0.355 e. The standard InChI is InChI=1S/C17H28N2O.ClH/c1-4-17(5-2,15-10-7-6-8-11-15)14-19-16(20)12-9-13-18-3;/h6-8,10-11,18H,4-5,9,12-14H2,1-3H3,(H,19,20);1H. The van der Waals surface area contributed by atoms with Crippen molar-refractivity contribution in [3.63, 3.8) is 0 Å². The molecule has 120 valence electrons. The predicted molar refractivity (Wildman–Crippen MR) is 92.1 cm³/mol. The highest BCUT2D eigenvalue weighted by Gasteiger charge is 2.28. The maximum Gasteiger partial charge on any atom is 0.220 e. The van der Waals surface area contributed by atoms with Gasteiger partial charge in [-0.3, -0.25) is 4.79 Å². The molecule has 0 radical (unpaired) electrons. The van der Waals surface area contributed by atoms with Gasteiger partial charge in [0.1, 0.15) is 0 Å². The average Bonchev–Trinajstić information content (AvgIpc) is 2.50. The maximum atomic E-state index is 11.9. The number of rotatable bonds is 9. The highest BCUT2D eigenvalue weighted by Crippen LogP contribution is 2.30. The van der Waals surface area contributed by atoms with Gasteiger partial charge < -0.3 is 10.6 Å². The van der Waals surface area contributed by atoms with Crippen LogP contribution in [0.5, 0.6) is 0 Å². The van der Waals surface area contributed by atoms with E-state index in [-0.39, 0.29) is 23.7 Å². The van der Waals surface area contributed by atoms with Crippen LogP contribution in [0.3, 0.4) is 0 Å². The second-order valence-electron chi connectivity index (χ2n) is 5.34. The maximum absolute atomic E-state index is 11.9. The first kappa shape index (κ1) is 19.9. The van der Waals surface area contributed by atoms with Crippen molar-refractivity contribution < 1.29 is 4.79 Å². The van der Waals surface area contributed by atoms with Gasteiger partial charge in [-0.1, -0.05) is 44.2 Å². The van der Waals surface area contributed by atoms with Crippen molar-refractivity contribution in [1.82, 2.24) is 10.6 Å². The molecule has 0 fully saturated rings. The summed E-state index contributed by atoms with van der Waals surface area (Å²) in [6.07, 6.45) is 3.55. The van der Waals surface area contributed by atoms with Crippen LogP contribution in [0.15, 0.2) is 30.3 Å². The fourth-order valence-electron chi connectivity index (χ4n) is 2.58. The van der Waals surface area contributed by atoms with Gasteiger partial charge in [-0.05, 0) is 38.4 Å². The second-order valence-corrected chi connectivity index (χ2v) is 5.34. The summed E-state index contributed by atoms with van der Waals surface area (Å²) in [4.78, 5) is 11.9. The lowest BCUT2D eigenvalue weighted by Gasteiger charge is -2.32. The van der Waals surface area contributed by atoms with E-state index in [0.29, 0.717) is 6.42 Å². The number of hydrogen-bond donors (Lipinski definition) is 2. The first-order valence-electron chi connectivity index (χ1n) is 7.65. The molecule has 1 aromatic rings. The van der Waals surface area contributed by atoms with E-state index >= 15 is 0 Å². The van der Waals surface area contributed by atoms with E-state index in [1.165, 1.54) is 5.56 Å². The minimum absolute atomic E-state index is 0. The molecule has 0 bridgehead atoms. The van der Waals surface area contributed by atoms with Gasteiger partial charge in [-0.15, -0.1) is 12.4 Å². The molecule has 0 unspecified atom stereocenters. The molecule has 0 aromatic heterocycles. The Bertz CT molecular complexity index is 391. The quantitative estimate of drug-likeness (QED) is 0.687.